The van der Waals surface area contributed by atoms with Crippen LogP contribution in [0.1, 0.15) is 49.7 Å². The Morgan fingerprint density at radius 2 is 1.75 bits per heavy atom. The lowest BCUT2D eigenvalue weighted by Crippen LogP contribution is -2.27. The number of carbonyl (C=O) groups excluding carboxylic acids is 1. The smallest absolute Gasteiger partial charge is 0.417 e. The molecular weight excluding hydrogens is 423 g/mol. The first kappa shape index (κ1) is 23.4. The zero-order valence-electron chi connectivity index (χ0n) is 17.3. The van der Waals surface area contributed by atoms with E-state index in [1.807, 2.05) is 0 Å². The lowest BCUT2D eigenvalue weighted by atomic mass is 10.0. The number of hydrogen-bond acceptors (Lipinski definition) is 3. The van der Waals surface area contributed by atoms with Crippen molar-refractivity contribution in [2.75, 3.05) is 0 Å². The summed E-state index contributed by atoms with van der Waals surface area (Å²) in [5.74, 6) is -1.28. The van der Waals surface area contributed by atoms with Gasteiger partial charge in [-0.25, -0.2) is 4.79 Å². The SMILES string of the molecule is O=C(CCC1CCCC1)N/C(=C\c1ccc(Oc2ccccc2)cc1C(F)(F)F)C(=O)O. The molecule has 2 aromatic carbocycles. The zero-order chi connectivity index (χ0) is 23.1. The van der Waals surface area contributed by atoms with Gasteiger partial charge in [-0.2, -0.15) is 13.2 Å². The number of benzene rings is 2. The summed E-state index contributed by atoms with van der Waals surface area (Å²) in [4.78, 5) is 23.8. The Bertz CT molecular complexity index is 980. The molecule has 0 spiro atoms. The molecule has 1 saturated carbocycles. The molecule has 0 bridgehead atoms. The van der Waals surface area contributed by atoms with Gasteiger partial charge in [0.05, 0.1) is 5.56 Å². The van der Waals surface area contributed by atoms with E-state index >= 15 is 0 Å². The van der Waals surface area contributed by atoms with Crippen LogP contribution in [-0.4, -0.2) is 17.0 Å². The number of hydrogen-bond donors (Lipinski definition) is 2. The molecule has 2 N–H and O–H groups in total. The normalized spacial score (nSPS) is 14.9. The van der Waals surface area contributed by atoms with Gasteiger partial charge in [0.2, 0.25) is 5.91 Å². The van der Waals surface area contributed by atoms with E-state index in [9.17, 15) is 27.9 Å². The number of carboxylic acids is 1. The number of carboxylic acid groups (broad SMARTS) is 1. The van der Waals surface area contributed by atoms with Crippen molar-refractivity contribution >= 4 is 18.0 Å². The molecule has 0 aromatic heterocycles. The molecule has 3 rings (SSSR count). The fourth-order valence-electron chi connectivity index (χ4n) is 3.75. The Kier molecular flexibility index (Phi) is 7.56. The second-order valence-corrected chi connectivity index (χ2v) is 7.76. The summed E-state index contributed by atoms with van der Waals surface area (Å²) in [6, 6.07) is 11.6. The standard InChI is InChI=1S/C24H24F3NO4/c25-24(26,27)20-15-19(32-18-8-2-1-3-9-18)12-11-17(20)14-21(23(30)31)28-22(29)13-10-16-6-4-5-7-16/h1-3,8-9,11-12,14-16H,4-7,10,13H2,(H,28,29)(H,30,31)/b21-14-. The van der Waals surface area contributed by atoms with E-state index in [1.165, 1.54) is 6.07 Å². The Labute approximate surface area is 183 Å². The summed E-state index contributed by atoms with van der Waals surface area (Å²) in [6.07, 6.45) is 1.17. The van der Waals surface area contributed by atoms with Gasteiger partial charge in [0, 0.05) is 6.42 Å². The van der Waals surface area contributed by atoms with Gasteiger partial charge in [0.1, 0.15) is 17.2 Å². The highest BCUT2D eigenvalue weighted by atomic mass is 19.4. The van der Waals surface area contributed by atoms with E-state index in [0.717, 1.165) is 43.9 Å². The molecule has 0 saturated heterocycles. The minimum atomic E-state index is -4.75. The van der Waals surface area contributed by atoms with Crippen LogP contribution in [0.4, 0.5) is 13.2 Å². The van der Waals surface area contributed by atoms with Gasteiger partial charge in [0.15, 0.2) is 0 Å². The summed E-state index contributed by atoms with van der Waals surface area (Å²) < 4.78 is 46.4. The Hall–Kier alpha value is -3.29. The minimum absolute atomic E-state index is 0.0434. The van der Waals surface area contributed by atoms with Crippen molar-refractivity contribution in [3.8, 4) is 11.5 Å². The molecular formula is C24H24F3NO4. The van der Waals surface area contributed by atoms with Crippen molar-refractivity contribution in [3.05, 3.63) is 65.4 Å². The summed E-state index contributed by atoms with van der Waals surface area (Å²) >= 11 is 0. The molecule has 0 radical (unpaired) electrons. The second-order valence-electron chi connectivity index (χ2n) is 7.76. The number of nitrogens with one attached hydrogen (secondary N) is 1. The molecule has 0 heterocycles. The van der Waals surface area contributed by atoms with Gasteiger partial charge >= 0.3 is 12.1 Å². The fourth-order valence-corrected chi connectivity index (χ4v) is 3.75. The maximum Gasteiger partial charge on any atom is 0.417 e. The number of rotatable bonds is 8. The van der Waals surface area contributed by atoms with Crippen molar-refractivity contribution in [3.63, 3.8) is 0 Å². The largest absolute Gasteiger partial charge is 0.477 e. The number of carbonyl (C=O) groups is 2. The molecule has 1 aliphatic carbocycles. The first-order valence-electron chi connectivity index (χ1n) is 10.4. The number of alkyl halides is 3. The first-order valence-corrected chi connectivity index (χ1v) is 10.4. The van der Waals surface area contributed by atoms with E-state index < -0.39 is 29.3 Å². The molecule has 32 heavy (non-hydrogen) atoms. The maximum absolute atomic E-state index is 13.7. The average molecular weight is 447 g/mol. The zero-order valence-corrected chi connectivity index (χ0v) is 17.3. The van der Waals surface area contributed by atoms with Crippen LogP contribution >= 0.6 is 0 Å². The van der Waals surface area contributed by atoms with Gasteiger partial charge in [-0.05, 0) is 48.2 Å². The quantitative estimate of drug-likeness (QED) is 0.486. The highest BCUT2D eigenvalue weighted by molar-refractivity contribution is 5.97. The van der Waals surface area contributed by atoms with Crippen LogP contribution < -0.4 is 10.1 Å². The average Bonchev–Trinajstić information content (AvgIpc) is 3.26. The first-order chi connectivity index (χ1) is 15.2. The number of amides is 1. The van der Waals surface area contributed by atoms with E-state index in [0.29, 0.717) is 18.1 Å². The van der Waals surface area contributed by atoms with Crippen LogP contribution in [-0.2, 0) is 15.8 Å². The van der Waals surface area contributed by atoms with Crippen LogP contribution in [0.25, 0.3) is 6.08 Å². The molecule has 2 aromatic rings. The molecule has 1 fully saturated rings. The number of para-hydroxylation sites is 1. The second kappa shape index (κ2) is 10.3. The number of halogens is 3. The number of ether oxygens (including phenoxy) is 1. The van der Waals surface area contributed by atoms with Crippen LogP contribution in [0.2, 0.25) is 0 Å². The van der Waals surface area contributed by atoms with Crippen molar-refractivity contribution in [1.29, 1.82) is 0 Å². The molecule has 1 aliphatic rings. The van der Waals surface area contributed by atoms with Crippen molar-refractivity contribution < 1.29 is 32.6 Å². The van der Waals surface area contributed by atoms with Crippen molar-refractivity contribution in [1.82, 2.24) is 5.32 Å². The highest BCUT2D eigenvalue weighted by Crippen LogP contribution is 2.36. The lowest BCUT2D eigenvalue weighted by Gasteiger charge is -2.14. The fraction of sp³-hybridized carbons (Fsp3) is 0.333. The monoisotopic (exact) mass is 447 g/mol. The molecule has 170 valence electrons. The van der Waals surface area contributed by atoms with E-state index in [-0.39, 0.29) is 17.7 Å². The van der Waals surface area contributed by atoms with Gasteiger partial charge in [-0.1, -0.05) is 49.9 Å². The topological polar surface area (TPSA) is 75.6 Å². The van der Waals surface area contributed by atoms with E-state index in [1.54, 1.807) is 30.3 Å². The predicted molar refractivity (Wildman–Crippen MR) is 113 cm³/mol. The molecule has 5 nitrogen and oxygen atoms in total. The highest BCUT2D eigenvalue weighted by Gasteiger charge is 2.34. The summed E-state index contributed by atoms with van der Waals surface area (Å²) in [5, 5.41) is 11.7. The Balaban J connectivity index is 1.80. The van der Waals surface area contributed by atoms with Gasteiger partial charge in [0.25, 0.3) is 0 Å². The third-order valence-corrected chi connectivity index (χ3v) is 5.37. The third-order valence-electron chi connectivity index (χ3n) is 5.37. The van der Waals surface area contributed by atoms with Crippen molar-refractivity contribution in [2.45, 2.75) is 44.7 Å². The third kappa shape index (κ3) is 6.60. The number of aliphatic carboxylic acids is 1. The predicted octanol–water partition coefficient (Wildman–Crippen LogP) is 6.01. The van der Waals surface area contributed by atoms with Gasteiger partial charge < -0.3 is 15.2 Å². The molecule has 8 heteroatoms. The van der Waals surface area contributed by atoms with Gasteiger partial charge in [-0.3, -0.25) is 4.79 Å². The Morgan fingerprint density at radius 3 is 2.38 bits per heavy atom. The lowest BCUT2D eigenvalue weighted by molar-refractivity contribution is -0.138. The van der Waals surface area contributed by atoms with E-state index in [2.05, 4.69) is 5.32 Å². The van der Waals surface area contributed by atoms with E-state index in [4.69, 9.17) is 4.74 Å². The van der Waals surface area contributed by atoms with Crippen LogP contribution in [0, 0.1) is 5.92 Å². The van der Waals surface area contributed by atoms with Crippen LogP contribution in [0.15, 0.2) is 54.2 Å². The molecule has 0 atom stereocenters. The van der Waals surface area contributed by atoms with Crippen LogP contribution in [0.5, 0.6) is 11.5 Å². The van der Waals surface area contributed by atoms with Gasteiger partial charge in [-0.15, -0.1) is 0 Å². The minimum Gasteiger partial charge on any atom is -0.477 e. The Morgan fingerprint density at radius 1 is 1.06 bits per heavy atom. The van der Waals surface area contributed by atoms with Crippen LogP contribution in [0.3, 0.4) is 0 Å². The summed E-state index contributed by atoms with van der Waals surface area (Å²) in [6.45, 7) is 0. The summed E-state index contributed by atoms with van der Waals surface area (Å²) in [7, 11) is 0. The molecule has 0 aliphatic heterocycles. The molecule has 0 unspecified atom stereocenters. The molecule has 1 amide bonds. The van der Waals surface area contributed by atoms with Crippen molar-refractivity contribution in [2.24, 2.45) is 5.92 Å². The maximum atomic E-state index is 13.7. The summed E-state index contributed by atoms with van der Waals surface area (Å²) in [5.41, 5.74) is -2.06.